The number of ether oxygens (including phenoxy) is 3. The molecule has 138 valence electrons. The first-order valence-corrected chi connectivity index (χ1v) is 9.05. The lowest BCUT2D eigenvalue weighted by Crippen LogP contribution is -2.38. The van der Waals surface area contributed by atoms with Gasteiger partial charge < -0.3 is 24.4 Å². The van der Waals surface area contributed by atoms with Gasteiger partial charge in [0.1, 0.15) is 0 Å². The zero-order chi connectivity index (χ0) is 17.6. The van der Waals surface area contributed by atoms with Gasteiger partial charge in [-0.05, 0) is 42.5 Å². The number of benzene rings is 1. The molecule has 0 aliphatic carbocycles. The number of carbonyl (C=O) groups is 1. The molecule has 6 heteroatoms. The summed E-state index contributed by atoms with van der Waals surface area (Å²) in [5, 5.41) is 3.34. The van der Waals surface area contributed by atoms with Crippen molar-refractivity contribution in [3.63, 3.8) is 0 Å². The van der Waals surface area contributed by atoms with E-state index in [2.05, 4.69) is 5.32 Å². The van der Waals surface area contributed by atoms with E-state index in [9.17, 15) is 4.79 Å². The second-order valence-electron chi connectivity index (χ2n) is 6.63. The summed E-state index contributed by atoms with van der Waals surface area (Å²) in [5.74, 6) is 1.66. The minimum Gasteiger partial charge on any atom is -0.493 e. The van der Waals surface area contributed by atoms with Crippen LogP contribution in [0.5, 0.6) is 11.5 Å². The van der Waals surface area contributed by atoms with Crippen molar-refractivity contribution in [1.29, 1.82) is 0 Å². The second kappa shape index (κ2) is 8.54. The Morgan fingerprint density at radius 3 is 2.72 bits per heavy atom. The van der Waals surface area contributed by atoms with Crippen molar-refractivity contribution in [2.24, 2.45) is 0 Å². The number of fused-ring (bicyclic) bond motifs is 1. The molecule has 2 heterocycles. The maximum absolute atomic E-state index is 12.5. The average molecular weight is 348 g/mol. The van der Waals surface area contributed by atoms with Crippen LogP contribution in [0, 0.1) is 0 Å². The smallest absolute Gasteiger partial charge is 0.224 e. The van der Waals surface area contributed by atoms with Gasteiger partial charge in [0, 0.05) is 39.2 Å². The quantitative estimate of drug-likeness (QED) is 0.761. The lowest BCUT2D eigenvalue weighted by molar-refractivity contribution is -0.132. The fourth-order valence-electron chi connectivity index (χ4n) is 3.52. The molecule has 1 atom stereocenters. The molecule has 1 unspecified atom stereocenters. The highest BCUT2D eigenvalue weighted by Crippen LogP contribution is 2.33. The number of hydrogen-bond acceptors (Lipinski definition) is 5. The first kappa shape index (κ1) is 18.0. The molecular formula is C19H28N2O4. The van der Waals surface area contributed by atoms with E-state index in [-0.39, 0.29) is 5.91 Å². The van der Waals surface area contributed by atoms with Gasteiger partial charge in [-0.1, -0.05) is 0 Å². The number of nitrogens with one attached hydrogen (secondary N) is 1. The van der Waals surface area contributed by atoms with Crippen LogP contribution in [0.2, 0.25) is 0 Å². The van der Waals surface area contributed by atoms with E-state index in [0.29, 0.717) is 31.4 Å². The van der Waals surface area contributed by atoms with Crippen LogP contribution in [-0.4, -0.2) is 57.4 Å². The predicted molar refractivity (Wildman–Crippen MR) is 95.1 cm³/mol. The molecule has 0 radical (unpaired) electrons. The van der Waals surface area contributed by atoms with Crippen LogP contribution < -0.4 is 14.8 Å². The molecule has 6 nitrogen and oxygen atoms in total. The van der Waals surface area contributed by atoms with Crippen LogP contribution in [0.3, 0.4) is 0 Å². The third-order valence-corrected chi connectivity index (χ3v) is 4.98. The standard InChI is InChI=1S/C19H28N2O4/c1-23-17-10-14-6-8-21(13-15(14)11-18(17)24-2)19(22)5-7-20-12-16-4-3-9-25-16/h10-11,16,20H,3-9,12-13H2,1-2H3. The van der Waals surface area contributed by atoms with E-state index >= 15 is 0 Å². The van der Waals surface area contributed by atoms with Crippen molar-refractivity contribution in [3.8, 4) is 11.5 Å². The number of amides is 1. The van der Waals surface area contributed by atoms with Crippen molar-refractivity contribution in [1.82, 2.24) is 10.2 Å². The van der Waals surface area contributed by atoms with Crippen LogP contribution in [0.4, 0.5) is 0 Å². The van der Waals surface area contributed by atoms with Gasteiger partial charge in [-0.2, -0.15) is 0 Å². The van der Waals surface area contributed by atoms with Gasteiger partial charge in [0.15, 0.2) is 11.5 Å². The number of methoxy groups -OCH3 is 2. The van der Waals surface area contributed by atoms with E-state index in [1.165, 1.54) is 5.56 Å². The molecule has 1 N–H and O–H groups in total. The average Bonchev–Trinajstić information content (AvgIpc) is 3.16. The third kappa shape index (κ3) is 4.44. The van der Waals surface area contributed by atoms with Gasteiger partial charge in [0.25, 0.3) is 0 Å². The maximum atomic E-state index is 12.5. The van der Waals surface area contributed by atoms with Crippen molar-refractivity contribution >= 4 is 5.91 Å². The lowest BCUT2D eigenvalue weighted by Gasteiger charge is -2.30. The summed E-state index contributed by atoms with van der Waals surface area (Å²) in [6.45, 7) is 3.81. The molecule has 0 saturated carbocycles. The summed E-state index contributed by atoms with van der Waals surface area (Å²) >= 11 is 0. The molecule has 1 amide bonds. The molecule has 1 aromatic carbocycles. The Morgan fingerprint density at radius 1 is 1.28 bits per heavy atom. The largest absolute Gasteiger partial charge is 0.493 e. The fourth-order valence-corrected chi connectivity index (χ4v) is 3.52. The van der Waals surface area contributed by atoms with Crippen molar-refractivity contribution in [2.75, 3.05) is 40.5 Å². The predicted octanol–water partition coefficient (Wildman–Crippen LogP) is 1.75. The molecule has 25 heavy (non-hydrogen) atoms. The van der Waals surface area contributed by atoms with E-state index in [0.717, 1.165) is 50.3 Å². The van der Waals surface area contributed by atoms with Crippen molar-refractivity contribution in [3.05, 3.63) is 23.3 Å². The van der Waals surface area contributed by atoms with Crippen LogP contribution in [0.15, 0.2) is 12.1 Å². The zero-order valence-corrected chi connectivity index (χ0v) is 15.2. The summed E-state index contributed by atoms with van der Waals surface area (Å²) in [6.07, 6.45) is 3.96. The normalized spacial score (nSPS) is 19.6. The van der Waals surface area contributed by atoms with Gasteiger partial charge in [-0.15, -0.1) is 0 Å². The number of rotatable bonds is 7. The number of carbonyl (C=O) groups excluding carboxylic acids is 1. The van der Waals surface area contributed by atoms with E-state index in [1.54, 1.807) is 14.2 Å². The van der Waals surface area contributed by atoms with Crippen molar-refractivity contribution < 1.29 is 19.0 Å². The summed E-state index contributed by atoms with van der Waals surface area (Å²) in [5.41, 5.74) is 2.38. The van der Waals surface area contributed by atoms with Gasteiger partial charge in [-0.3, -0.25) is 4.79 Å². The van der Waals surface area contributed by atoms with E-state index in [1.807, 2.05) is 17.0 Å². The highest BCUT2D eigenvalue weighted by molar-refractivity contribution is 5.76. The zero-order valence-electron chi connectivity index (χ0n) is 15.2. The lowest BCUT2D eigenvalue weighted by atomic mass is 9.98. The highest BCUT2D eigenvalue weighted by atomic mass is 16.5. The second-order valence-corrected chi connectivity index (χ2v) is 6.63. The Bertz CT molecular complexity index is 599. The molecule has 2 aliphatic heterocycles. The Morgan fingerprint density at radius 2 is 2.04 bits per heavy atom. The third-order valence-electron chi connectivity index (χ3n) is 4.98. The Labute approximate surface area is 149 Å². The highest BCUT2D eigenvalue weighted by Gasteiger charge is 2.22. The Kier molecular flexibility index (Phi) is 6.15. The topological polar surface area (TPSA) is 60.0 Å². The van der Waals surface area contributed by atoms with Crippen LogP contribution in [0.25, 0.3) is 0 Å². The minimum absolute atomic E-state index is 0.195. The van der Waals surface area contributed by atoms with Crippen LogP contribution in [0.1, 0.15) is 30.4 Å². The molecule has 3 rings (SSSR count). The first-order chi connectivity index (χ1) is 12.2. The van der Waals surface area contributed by atoms with Gasteiger partial charge in [0.05, 0.1) is 20.3 Å². The molecule has 1 aromatic rings. The molecule has 1 saturated heterocycles. The summed E-state index contributed by atoms with van der Waals surface area (Å²) in [4.78, 5) is 14.4. The first-order valence-electron chi connectivity index (χ1n) is 9.05. The SMILES string of the molecule is COc1cc2c(cc1OC)CN(C(=O)CCNCC1CCCO1)CC2. The summed E-state index contributed by atoms with van der Waals surface area (Å²) in [6, 6.07) is 4.02. The fraction of sp³-hybridized carbons (Fsp3) is 0.632. The maximum Gasteiger partial charge on any atom is 0.224 e. The Balaban J connectivity index is 1.50. The van der Waals surface area contributed by atoms with Crippen LogP contribution >= 0.6 is 0 Å². The Hall–Kier alpha value is -1.79. The van der Waals surface area contributed by atoms with E-state index < -0.39 is 0 Å². The molecule has 0 aromatic heterocycles. The molecular weight excluding hydrogens is 320 g/mol. The molecule has 0 spiro atoms. The minimum atomic E-state index is 0.195. The monoisotopic (exact) mass is 348 g/mol. The van der Waals surface area contributed by atoms with Crippen molar-refractivity contribution in [2.45, 2.75) is 38.3 Å². The number of nitrogens with zero attached hydrogens (tertiary/aromatic N) is 1. The molecule has 0 bridgehead atoms. The van der Waals surface area contributed by atoms with Gasteiger partial charge in [-0.25, -0.2) is 0 Å². The van der Waals surface area contributed by atoms with Gasteiger partial charge in [0.2, 0.25) is 5.91 Å². The summed E-state index contributed by atoms with van der Waals surface area (Å²) in [7, 11) is 3.28. The summed E-state index contributed by atoms with van der Waals surface area (Å²) < 4.78 is 16.3. The molecule has 1 fully saturated rings. The van der Waals surface area contributed by atoms with Gasteiger partial charge >= 0.3 is 0 Å². The number of hydrogen-bond donors (Lipinski definition) is 1. The van der Waals surface area contributed by atoms with E-state index in [4.69, 9.17) is 14.2 Å². The molecule has 2 aliphatic rings. The van der Waals surface area contributed by atoms with Crippen LogP contribution in [-0.2, 0) is 22.5 Å².